The van der Waals surface area contributed by atoms with Crippen LogP contribution in [-0.2, 0) is 18.0 Å². The Balaban J connectivity index is 1.70. The number of aromatic nitrogens is 3. The average Bonchev–Trinajstić information content (AvgIpc) is 3.02. The predicted molar refractivity (Wildman–Crippen MR) is 107 cm³/mol. The largest absolute Gasteiger partial charge is 0.416 e. The second kappa shape index (κ2) is 8.28. The van der Waals surface area contributed by atoms with Crippen molar-refractivity contribution < 1.29 is 18.0 Å². The molecular weight excluding hydrogens is 401 g/mol. The smallest absolute Gasteiger partial charge is 0.325 e. The SMILES string of the molecule is Cc1ccc(-c2nnc(SC(C)C(=O)Nc3cccc(C(F)(F)F)c3)n2C)cc1. The minimum Gasteiger partial charge on any atom is -0.325 e. The Hall–Kier alpha value is -2.81. The van der Waals surface area contributed by atoms with Crippen molar-refractivity contribution in [3.8, 4) is 11.4 Å². The van der Waals surface area contributed by atoms with E-state index >= 15 is 0 Å². The van der Waals surface area contributed by atoms with E-state index in [1.54, 1.807) is 18.5 Å². The number of benzene rings is 2. The molecule has 152 valence electrons. The number of nitrogens with zero attached hydrogens (tertiary/aromatic N) is 3. The number of aryl methyl sites for hydroxylation is 1. The second-order valence-electron chi connectivity index (χ2n) is 6.56. The third kappa shape index (κ3) is 4.97. The van der Waals surface area contributed by atoms with Gasteiger partial charge >= 0.3 is 6.18 Å². The number of carbonyl (C=O) groups excluding carboxylic acids is 1. The van der Waals surface area contributed by atoms with Crippen molar-refractivity contribution in [3.05, 3.63) is 59.7 Å². The lowest BCUT2D eigenvalue weighted by molar-refractivity contribution is -0.137. The summed E-state index contributed by atoms with van der Waals surface area (Å²) < 4.78 is 40.3. The number of hydrogen-bond donors (Lipinski definition) is 1. The normalized spacial score (nSPS) is 12.6. The van der Waals surface area contributed by atoms with Crippen molar-refractivity contribution in [2.75, 3.05) is 5.32 Å². The van der Waals surface area contributed by atoms with E-state index in [9.17, 15) is 18.0 Å². The Morgan fingerprint density at radius 2 is 1.83 bits per heavy atom. The summed E-state index contributed by atoms with van der Waals surface area (Å²) in [5.74, 6) is 0.243. The Kier molecular flexibility index (Phi) is 5.97. The summed E-state index contributed by atoms with van der Waals surface area (Å²) >= 11 is 1.18. The van der Waals surface area contributed by atoms with Crippen LogP contribution in [0, 0.1) is 6.92 Å². The molecule has 5 nitrogen and oxygen atoms in total. The van der Waals surface area contributed by atoms with Gasteiger partial charge in [-0.1, -0.05) is 47.7 Å². The number of rotatable bonds is 5. The molecule has 1 N–H and O–H groups in total. The molecule has 0 saturated carbocycles. The van der Waals surface area contributed by atoms with E-state index in [1.165, 1.54) is 23.9 Å². The van der Waals surface area contributed by atoms with Gasteiger partial charge in [0, 0.05) is 18.3 Å². The van der Waals surface area contributed by atoms with Gasteiger partial charge in [0.1, 0.15) is 0 Å². The summed E-state index contributed by atoms with van der Waals surface area (Å²) in [5.41, 5.74) is 1.31. The Morgan fingerprint density at radius 3 is 2.48 bits per heavy atom. The van der Waals surface area contributed by atoms with Crippen LogP contribution in [0.1, 0.15) is 18.1 Å². The van der Waals surface area contributed by atoms with Gasteiger partial charge in [-0.2, -0.15) is 13.2 Å². The maximum atomic E-state index is 12.8. The summed E-state index contributed by atoms with van der Waals surface area (Å²) in [6.07, 6.45) is -4.47. The van der Waals surface area contributed by atoms with Gasteiger partial charge in [0.15, 0.2) is 11.0 Å². The summed E-state index contributed by atoms with van der Waals surface area (Å²) in [4.78, 5) is 12.4. The lowest BCUT2D eigenvalue weighted by Gasteiger charge is -2.13. The number of carbonyl (C=O) groups is 1. The Labute approximate surface area is 170 Å². The van der Waals surface area contributed by atoms with Crippen LogP contribution in [0.4, 0.5) is 18.9 Å². The fourth-order valence-electron chi connectivity index (χ4n) is 2.60. The lowest BCUT2D eigenvalue weighted by Crippen LogP contribution is -2.23. The van der Waals surface area contributed by atoms with Crippen LogP contribution in [-0.4, -0.2) is 25.9 Å². The van der Waals surface area contributed by atoms with Gasteiger partial charge in [0.05, 0.1) is 10.8 Å². The number of hydrogen-bond acceptors (Lipinski definition) is 4. The molecule has 0 aliphatic rings. The number of amides is 1. The predicted octanol–water partition coefficient (Wildman–Crippen LogP) is 4.93. The highest BCUT2D eigenvalue weighted by molar-refractivity contribution is 8.00. The monoisotopic (exact) mass is 420 g/mol. The maximum Gasteiger partial charge on any atom is 0.416 e. The first-order valence-electron chi connectivity index (χ1n) is 8.76. The molecule has 9 heteroatoms. The second-order valence-corrected chi connectivity index (χ2v) is 7.87. The van der Waals surface area contributed by atoms with E-state index in [4.69, 9.17) is 0 Å². The molecule has 0 radical (unpaired) electrons. The van der Waals surface area contributed by atoms with Gasteiger partial charge in [0.2, 0.25) is 5.91 Å². The number of halogens is 3. The highest BCUT2D eigenvalue weighted by Gasteiger charge is 2.30. The van der Waals surface area contributed by atoms with Crippen molar-refractivity contribution in [2.24, 2.45) is 7.05 Å². The first kappa shape index (κ1) is 20.9. The van der Waals surface area contributed by atoms with Crippen LogP contribution >= 0.6 is 11.8 Å². The van der Waals surface area contributed by atoms with E-state index in [2.05, 4.69) is 15.5 Å². The van der Waals surface area contributed by atoms with Crippen LogP contribution in [0.2, 0.25) is 0 Å². The molecule has 3 rings (SSSR count). The summed E-state index contributed by atoms with van der Waals surface area (Å²) in [5, 5.41) is 10.8. The lowest BCUT2D eigenvalue weighted by atomic mass is 10.1. The first-order chi connectivity index (χ1) is 13.6. The Morgan fingerprint density at radius 1 is 1.14 bits per heavy atom. The highest BCUT2D eigenvalue weighted by atomic mass is 32.2. The van der Waals surface area contributed by atoms with E-state index in [1.807, 2.05) is 31.2 Å². The zero-order chi connectivity index (χ0) is 21.2. The molecule has 0 aliphatic carbocycles. The van der Waals surface area contributed by atoms with Crippen molar-refractivity contribution in [2.45, 2.75) is 30.4 Å². The van der Waals surface area contributed by atoms with Crippen LogP contribution in [0.5, 0.6) is 0 Å². The third-order valence-electron chi connectivity index (χ3n) is 4.25. The van der Waals surface area contributed by atoms with E-state index < -0.39 is 22.9 Å². The van der Waals surface area contributed by atoms with Crippen molar-refractivity contribution in [3.63, 3.8) is 0 Å². The molecule has 0 spiro atoms. The van der Waals surface area contributed by atoms with Crippen LogP contribution in [0.3, 0.4) is 0 Å². The number of anilines is 1. The molecule has 0 fully saturated rings. The van der Waals surface area contributed by atoms with Crippen molar-refractivity contribution >= 4 is 23.4 Å². The number of nitrogens with one attached hydrogen (secondary N) is 1. The fourth-order valence-corrected chi connectivity index (χ4v) is 3.42. The molecule has 0 saturated heterocycles. The zero-order valence-electron chi connectivity index (χ0n) is 16.0. The minimum atomic E-state index is -4.47. The summed E-state index contributed by atoms with van der Waals surface area (Å²) in [6.45, 7) is 3.65. The average molecular weight is 420 g/mol. The van der Waals surface area contributed by atoms with Crippen molar-refractivity contribution in [1.29, 1.82) is 0 Å². The minimum absolute atomic E-state index is 0.0931. The van der Waals surface area contributed by atoms with Gasteiger partial charge in [-0.25, -0.2) is 0 Å². The number of alkyl halides is 3. The molecule has 1 unspecified atom stereocenters. The highest BCUT2D eigenvalue weighted by Crippen LogP contribution is 2.31. The van der Waals surface area contributed by atoms with E-state index in [-0.39, 0.29) is 5.69 Å². The van der Waals surface area contributed by atoms with Crippen molar-refractivity contribution in [1.82, 2.24) is 14.8 Å². The third-order valence-corrected chi connectivity index (χ3v) is 5.39. The van der Waals surface area contributed by atoms with Gasteiger partial charge in [0.25, 0.3) is 0 Å². The Bertz CT molecular complexity index is 1020. The van der Waals surface area contributed by atoms with Gasteiger partial charge in [-0.15, -0.1) is 10.2 Å². The van der Waals surface area contributed by atoms with E-state index in [0.29, 0.717) is 11.0 Å². The molecule has 3 aromatic rings. The molecular formula is C20H19F3N4OS. The van der Waals surface area contributed by atoms with Crippen LogP contribution in [0.25, 0.3) is 11.4 Å². The fraction of sp³-hybridized carbons (Fsp3) is 0.250. The van der Waals surface area contributed by atoms with Gasteiger partial charge in [-0.05, 0) is 32.0 Å². The molecule has 1 heterocycles. The molecule has 0 bridgehead atoms. The summed E-state index contributed by atoms with van der Waals surface area (Å²) in [7, 11) is 1.80. The van der Waals surface area contributed by atoms with E-state index in [0.717, 1.165) is 23.3 Å². The molecule has 0 aliphatic heterocycles. The zero-order valence-corrected chi connectivity index (χ0v) is 16.8. The standard InChI is InChI=1S/C20H19F3N4OS/c1-12-7-9-14(10-8-12)17-25-26-19(27(17)3)29-13(2)18(28)24-16-6-4-5-15(11-16)20(21,22)23/h4-11,13H,1-3H3,(H,24,28). The quantitative estimate of drug-likeness (QED) is 0.595. The van der Waals surface area contributed by atoms with Crippen LogP contribution < -0.4 is 5.32 Å². The molecule has 1 amide bonds. The topological polar surface area (TPSA) is 59.8 Å². The van der Waals surface area contributed by atoms with Gasteiger partial charge in [-0.3, -0.25) is 4.79 Å². The van der Waals surface area contributed by atoms with Gasteiger partial charge < -0.3 is 9.88 Å². The molecule has 1 atom stereocenters. The molecule has 29 heavy (non-hydrogen) atoms. The number of thioether (sulfide) groups is 1. The maximum absolute atomic E-state index is 12.8. The van der Waals surface area contributed by atoms with Crippen LogP contribution in [0.15, 0.2) is 53.7 Å². The first-order valence-corrected chi connectivity index (χ1v) is 9.64. The summed E-state index contributed by atoms with van der Waals surface area (Å²) in [6, 6.07) is 12.4. The molecule has 1 aromatic heterocycles. The molecule has 2 aromatic carbocycles.